The zero-order chi connectivity index (χ0) is 113. The Hall–Kier alpha value is -8.08. The lowest BCUT2D eigenvalue weighted by atomic mass is 10.1. The molecule has 842 valence electrons. The average molecular weight is 2210 g/mol. The summed E-state index contributed by atoms with van der Waals surface area (Å²) in [6.45, 7) is 62.1. The third kappa shape index (κ3) is 83.4. The fourth-order valence-electron chi connectivity index (χ4n) is 14.1. The Labute approximate surface area is 934 Å². The minimum absolute atomic E-state index is 0. The number of benzene rings is 5. The van der Waals surface area contributed by atoms with E-state index < -0.39 is 22.5 Å². The van der Waals surface area contributed by atoms with E-state index in [0.717, 1.165) is 234 Å². The lowest BCUT2D eigenvalue weighted by Crippen LogP contribution is -2.27. The number of ether oxygens (including phenoxy) is 2. The lowest BCUT2D eigenvalue weighted by molar-refractivity contribution is -0.245. The molecule has 28 heteroatoms. The van der Waals surface area contributed by atoms with E-state index >= 15 is 0 Å². The van der Waals surface area contributed by atoms with Crippen LogP contribution in [0, 0.1) is 0 Å². The summed E-state index contributed by atoms with van der Waals surface area (Å²) < 4.78 is 32.6. The predicted molar refractivity (Wildman–Crippen MR) is 647 cm³/mol. The number of thiol groups is 1. The van der Waals surface area contributed by atoms with E-state index in [9.17, 15) is 29.1 Å². The summed E-state index contributed by atoms with van der Waals surface area (Å²) in [5.74, 6) is 2.05. The Balaban J connectivity index is -0.000000576. The van der Waals surface area contributed by atoms with Crippen LogP contribution >= 0.6 is 76.2 Å². The van der Waals surface area contributed by atoms with E-state index in [1.807, 2.05) is 78.9 Å². The number of aromatic carboxylic acids is 1. The number of methoxy groups -OCH3 is 2. The number of carboxylic acids is 1. The molecule has 0 aliphatic carbocycles. The quantitative estimate of drug-likeness (QED) is 0.00308. The summed E-state index contributed by atoms with van der Waals surface area (Å²) >= 11 is 10.8. The Morgan fingerprint density at radius 3 is 0.800 bits per heavy atom. The second kappa shape index (κ2) is 97.8. The van der Waals surface area contributed by atoms with Crippen LogP contribution in [0.25, 0.3) is 0 Å². The highest BCUT2D eigenvalue weighted by molar-refractivity contribution is 8.00. The second-order valence-corrected chi connectivity index (χ2v) is 43.1. The van der Waals surface area contributed by atoms with Gasteiger partial charge in [0.2, 0.25) is 0 Å². The maximum absolute atomic E-state index is 12.7. The van der Waals surface area contributed by atoms with Crippen molar-refractivity contribution in [2.75, 3.05) is 109 Å². The smallest absolute Gasteiger partial charge is 0.521 e. The van der Waals surface area contributed by atoms with E-state index in [4.69, 9.17) is 34.2 Å². The maximum Gasteiger partial charge on any atom is 0.521 e. The summed E-state index contributed by atoms with van der Waals surface area (Å²) in [6.07, 6.45) is 53.9. The molecular formula is C122H193N5O16P2S5. The molecule has 2 unspecified atom stereocenters. The number of hydrogen-bond acceptors (Lipinski definition) is 23. The number of carbonyl (C=O) groups is 5. The van der Waals surface area contributed by atoms with Crippen molar-refractivity contribution < 1.29 is 80.2 Å². The summed E-state index contributed by atoms with van der Waals surface area (Å²) in [5.41, 5.74) is 20.1. The Morgan fingerprint density at radius 2 is 0.553 bits per heavy atom. The number of nitrogens with one attached hydrogen (secondary N) is 2. The Kier molecular flexibility index (Phi) is 95.3. The number of carbonyl (C=O) groups excluding carboxylic acids is 4. The van der Waals surface area contributed by atoms with Gasteiger partial charge in [0.25, 0.3) is 11.8 Å². The van der Waals surface area contributed by atoms with Gasteiger partial charge < -0.3 is 49.7 Å². The first-order chi connectivity index (χ1) is 71.7. The van der Waals surface area contributed by atoms with Crippen molar-refractivity contribution >= 4 is 106 Å². The molecule has 0 bridgehead atoms. The van der Waals surface area contributed by atoms with Crippen molar-refractivity contribution in [2.45, 2.75) is 331 Å². The summed E-state index contributed by atoms with van der Waals surface area (Å²) in [5, 5.41) is 29.5. The highest BCUT2D eigenvalue weighted by Crippen LogP contribution is 2.30. The summed E-state index contributed by atoms with van der Waals surface area (Å²) in [6, 6.07) is 37.7. The van der Waals surface area contributed by atoms with Gasteiger partial charge in [-0.25, -0.2) is 24.9 Å². The number of rotatable bonds is 63. The van der Waals surface area contributed by atoms with E-state index in [1.165, 1.54) is 120 Å². The van der Waals surface area contributed by atoms with Crippen molar-refractivity contribution in [3.8, 4) is 0 Å². The zero-order valence-corrected chi connectivity index (χ0v) is 102. The van der Waals surface area contributed by atoms with Gasteiger partial charge in [-0.15, -0.1) is 59.7 Å². The Bertz CT molecular complexity index is 4820. The van der Waals surface area contributed by atoms with Crippen molar-refractivity contribution in [3.05, 3.63) is 289 Å². The second-order valence-electron chi connectivity index (χ2n) is 37.2. The predicted octanol–water partition coefficient (Wildman–Crippen LogP) is 33.7. The van der Waals surface area contributed by atoms with Crippen LogP contribution in [0.1, 0.15) is 362 Å². The molecule has 150 heavy (non-hydrogen) atoms. The van der Waals surface area contributed by atoms with Gasteiger partial charge in [0, 0.05) is 72.8 Å². The molecule has 5 aromatic carbocycles. The van der Waals surface area contributed by atoms with Gasteiger partial charge in [0.05, 0.1) is 42.0 Å². The van der Waals surface area contributed by atoms with Crippen LogP contribution in [0.2, 0.25) is 0 Å². The molecule has 5 N–H and O–H groups in total. The van der Waals surface area contributed by atoms with Gasteiger partial charge in [0.1, 0.15) is 0 Å². The van der Waals surface area contributed by atoms with Crippen LogP contribution in [0.5, 0.6) is 0 Å². The molecule has 0 radical (unpaired) electrons. The van der Waals surface area contributed by atoms with E-state index in [-0.39, 0.29) is 26.6 Å². The standard InChI is InChI=1S/2C30H48N2OS.C23H32O2S.C22H30O2S.C9H21N.C8H8O2S.2HO4P.2H2/c2*1-7-32(8-2)23-12-11-22-31-30(33)28-19-9-10-20-29(28)34-24-21-27(6)18-14-17-26(5)16-13-15-25(3)4;1-18(2)10-8-11-19(3)12-9-13-20(4)16-17-26-22-15-7-6-14-21(22)23(24)25-5;1-17(2)9-7-10-18(3)11-8-12-19(4)15-16-25-21-14-6-5-13-20(21)22(23)24;1-4-7-8-9-10(5-2)6-3;1-10-8(9)6-4-2-3-5-7(6)11;2*1-4-5(2)3;;/h2*9-10,15,17,19-21H,7-8,11-14,16,18,22-24H2,1-6H3,(H,31,33);6-7,10,12,14-16H,8-9,11,13,17H2,1-5H3;5-6,9,11,13-15H,7-8,10,12,16H2,1-4H3,(H,23,24);4-9H2,1-3H3;2-5,11H,1H3;2*1H;2*1H/b2*26-17+,27-21+;19-12+,20-16+;18-11+,19-15+;;;;;;. The van der Waals surface area contributed by atoms with Crippen LogP contribution < -0.4 is 20.4 Å². The zero-order valence-electron chi connectivity index (χ0n) is 95.8. The van der Waals surface area contributed by atoms with Crippen LogP contribution in [0.3, 0.4) is 0 Å². The molecule has 0 fully saturated rings. The first kappa shape index (κ1) is 146. The van der Waals surface area contributed by atoms with E-state index in [2.05, 4.69) is 296 Å². The SMILES string of the molecule is CC(C)=CCC/C(C)=C/CC/C(C)=C/CSc1ccccc1C(=O)O.CCCCCN(CC)CC.CCN(CC)CCCCNC(=O)c1ccccc1SC/C=C(\C)CC/C=C(\C)CCC=C(C)C.CCN(CC)CCCCNC(=O)c1ccccc1SC/C=C(\C)CC/C=C(\C)CCC=C(C)C.COC(=O)c1ccccc1S.COC(=O)c1ccccc1SC/C=C(\C)CC/C=C(\C)CCC=C(C)C.O=[P+]([O-])OO.O=[P+]([O-])OO.[HH].[HH]. The number of carboxylic acid groups (broad SMARTS) is 1. The van der Waals surface area contributed by atoms with Gasteiger partial charge in [-0.3, -0.25) is 9.59 Å². The maximum atomic E-state index is 12.7. The Morgan fingerprint density at radius 1 is 0.333 bits per heavy atom. The van der Waals surface area contributed by atoms with Crippen LogP contribution in [0.4, 0.5) is 0 Å². The molecule has 0 aliphatic heterocycles. The van der Waals surface area contributed by atoms with Crippen molar-refractivity contribution in [2.24, 2.45) is 0 Å². The van der Waals surface area contributed by atoms with Crippen molar-refractivity contribution in [1.82, 2.24) is 25.3 Å². The molecule has 0 heterocycles. The number of hydrogen-bond donors (Lipinski definition) is 6. The molecule has 0 aliphatic rings. The number of thioether (sulfide) groups is 4. The van der Waals surface area contributed by atoms with Gasteiger partial charge >= 0.3 is 34.4 Å². The topological polar surface area (TPSA) is 297 Å². The highest BCUT2D eigenvalue weighted by atomic mass is 32.2. The average Bonchev–Trinajstić information content (AvgIpc) is 0.865. The molecule has 5 aromatic rings. The van der Waals surface area contributed by atoms with Crippen LogP contribution in [-0.2, 0) is 28.0 Å². The van der Waals surface area contributed by atoms with Crippen molar-refractivity contribution in [1.29, 1.82) is 0 Å². The minimum atomic E-state index is -3.04. The summed E-state index contributed by atoms with van der Waals surface area (Å²) in [4.78, 5) is 89.2. The van der Waals surface area contributed by atoms with Gasteiger partial charge in [0.15, 0.2) is 0 Å². The molecule has 2 amide bonds. The monoisotopic (exact) mass is 2210 g/mol. The molecular weight excluding hydrogens is 2010 g/mol. The van der Waals surface area contributed by atoms with Gasteiger partial charge in [-0.2, -0.15) is 0 Å². The molecule has 0 saturated heterocycles. The third-order valence-electron chi connectivity index (χ3n) is 23.4. The van der Waals surface area contributed by atoms with Crippen LogP contribution in [0.15, 0.2) is 286 Å². The largest absolute Gasteiger partial charge is 0.565 e. The number of nitrogens with zero attached hydrogens (tertiary/aromatic N) is 3. The normalized spacial score (nSPS) is 11.8. The lowest BCUT2D eigenvalue weighted by Gasteiger charge is -2.17. The summed E-state index contributed by atoms with van der Waals surface area (Å²) in [7, 11) is -3.32. The number of unbranched alkanes of at least 4 members (excludes halogenated alkanes) is 4. The third-order valence-corrected chi connectivity index (χ3v) is 28.1. The van der Waals surface area contributed by atoms with Gasteiger partial charge in [-0.1, -0.05) is 262 Å². The number of amides is 2. The molecule has 21 nitrogen and oxygen atoms in total. The molecule has 0 aromatic heterocycles. The number of esters is 2. The molecule has 0 saturated carbocycles. The fourth-order valence-corrected chi connectivity index (χ4v) is 18.5. The molecule has 5 rings (SSSR count). The number of allylic oxidation sites excluding steroid dienone is 20. The first-order valence-electron chi connectivity index (χ1n) is 53.2. The first-order valence-corrected chi connectivity index (χ1v) is 59.8. The molecule has 0 spiro atoms. The van der Waals surface area contributed by atoms with E-state index in [0.29, 0.717) is 21.6 Å². The highest BCUT2D eigenvalue weighted by Gasteiger charge is 2.16. The van der Waals surface area contributed by atoms with E-state index in [1.54, 1.807) is 77.4 Å². The van der Waals surface area contributed by atoms with Crippen LogP contribution in [-0.4, -0.2) is 169 Å². The minimum Gasteiger partial charge on any atom is -0.565 e. The fraction of sp³-hybridized carbons (Fsp3) is 0.516. The van der Waals surface area contributed by atoms with Gasteiger partial charge in [-0.05, 0) is 374 Å². The molecule has 2 atom stereocenters. The van der Waals surface area contributed by atoms with Crippen molar-refractivity contribution in [3.63, 3.8) is 0 Å².